The van der Waals surface area contributed by atoms with Crippen LogP contribution in [0.4, 0.5) is 5.69 Å². The molecule has 0 saturated heterocycles. The van der Waals surface area contributed by atoms with Crippen molar-refractivity contribution in [1.29, 1.82) is 0 Å². The summed E-state index contributed by atoms with van der Waals surface area (Å²) in [4.78, 5) is 9.22. The van der Waals surface area contributed by atoms with E-state index in [1.54, 1.807) is 0 Å². The summed E-state index contributed by atoms with van der Waals surface area (Å²) in [6, 6.07) is 4.15. The van der Waals surface area contributed by atoms with Crippen molar-refractivity contribution in [2.45, 2.75) is 46.1 Å². The number of aromatic nitrogens is 3. The van der Waals surface area contributed by atoms with E-state index in [0.717, 1.165) is 43.1 Å². The average molecular weight is 270 g/mol. The average Bonchev–Trinajstić information content (AvgIpc) is 2.76. The van der Waals surface area contributed by atoms with Gasteiger partial charge in [0.2, 0.25) is 0 Å². The van der Waals surface area contributed by atoms with Crippen LogP contribution in [-0.2, 0) is 19.4 Å². The predicted octanol–water partition coefficient (Wildman–Crippen LogP) is 2.95. The van der Waals surface area contributed by atoms with Gasteiger partial charge in [-0.15, -0.1) is 0 Å². The highest BCUT2D eigenvalue weighted by atomic mass is 15.1. The van der Waals surface area contributed by atoms with E-state index in [-0.39, 0.29) is 0 Å². The maximum Gasteiger partial charge on any atom is 0.106 e. The van der Waals surface area contributed by atoms with Gasteiger partial charge in [-0.3, -0.25) is 4.98 Å². The molecule has 0 atom stereocenters. The van der Waals surface area contributed by atoms with Gasteiger partial charge in [0.05, 0.1) is 17.9 Å². The van der Waals surface area contributed by atoms with Gasteiger partial charge in [-0.1, -0.05) is 0 Å². The molecule has 0 aromatic carbocycles. The number of nitrogens with one attached hydrogen (secondary N) is 1. The standard InChI is InChI=1S/C16H22N4/c1-3-17-13-8-9-18-14(10-13)11-20-12(2)19-15-6-4-5-7-16(15)20/h8-10H,3-7,11H2,1-2H3,(H,17,18). The molecule has 2 heterocycles. The van der Waals surface area contributed by atoms with Gasteiger partial charge in [-0.25, -0.2) is 4.98 Å². The lowest BCUT2D eigenvalue weighted by atomic mass is 10.0. The predicted molar refractivity (Wildman–Crippen MR) is 81.1 cm³/mol. The fourth-order valence-corrected chi connectivity index (χ4v) is 2.99. The van der Waals surface area contributed by atoms with Gasteiger partial charge in [-0.2, -0.15) is 0 Å². The number of pyridine rings is 1. The Hall–Kier alpha value is -1.84. The summed E-state index contributed by atoms with van der Waals surface area (Å²) < 4.78 is 2.34. The summed E-state index contributed by atoms with van der Waals surface area (Å²) in [6.07, 6.45) is 6.73. The molecule has 0 bridgehead atoms. The molecule has 0 unspecified atom stereocenters. The van der Waals surface area contributed by atoms with Crippen molar-refractivity contribution in [3.63, 3.8) is 0 Å². The van der Waals surface area contributed by atoms with Gasteiger partial charge in [0.15, 0.2) is 0 Å². The van der Waals surface area contributed by atoms with E-state index in [1.165, 1.54) is 24.2 Å². The van der Waals surface area contributed by atoms with Crippen LogP contribution < -0.4 is 5.32 Å². The fourth-order valence-electron chi connectivity index (χ4n) is 2.99. The van der Waals surface area contributed by atoms with Gasteiger partial charge in [0, 0.05) is 24.1 Å². The largest absolute Gasteiger partial charge is 0.385 e. The summed E-state index contributed by atoms with van der Waals surface area (Å²) in [5.74, 6) is 1.12. The molecule has 0 saturated carbocycles. The van der Waals surface area contributed by atoms with Crippen LogP contribution in [-0.4, -0.2) is 21.1 Å². The van der Waals surface area contributed by atoms with Gasteiger partial charge >= 0.3 is 0 Å². The van der Waals surface area contributed by atoms with E-state index in [1.807, 2.05) is 12.3 Å². The molecule has 2 aromatic heterocycles. The van der Waals surface area contributed by atoms with Gasteiger partial charge < -0.3 is 9.88 Å². The molecule has 1 N–H and O–H groups in total. The molecule has 4 nitrogen and oxygen atoms in total. The van der Waals surface area contributed by atoms with Crippen LogP contribution in [0, 0.1) is 6.92 Å². The number of nitrogens with zero attached hydrogens (tertiary/aromatic N) is 3. The van der Waals surface area contributed by atoms with E-state index in [0.29, 0.717) is 0 Å². The Morgan fingerprint density at radius 1 is 1.30 bits per heavy atom. The van der Waals surface area contributed by atoms with E-state index < -0.39 is 0 Å². The molecule has 0 spiro atoms. The third-order valence-corrected chi connectivity index (χ3v) is 3.94. The third-order valence-electron chi connectivity index (χ3n) is 3.94. The van der Waals surface area contributed by atoms with E-state index in [4.69, 9.17) is 4.98 Å². The fraction of sp³-hybridized carbons (Fsp3) is 0.500. The van der Waals surface area contributed by atoms with Crippen LogP contribution in [0.25, 0.3) is 0 Å². The highest BCUT2D eigenvalue weighted by molar-refractivity contribution is 5.43. The first-order chi connectivity index (χ1) is 9.78. The second-order valence-corrected chi connectivity index (χ2v) is 5.41. The van der Waals surface area contributed by atoms with Crippen LogP contribution in [0.1, 0.15) is 42.7 Å². The van der Waals surface area contributed by atoms with Crippen molar-refractivity contribution >= 4 is 5.69 Å². The first-order valence-electron chi connectivity index (χ1n) is 7.51. The molecule has 0 amide bonds. The maximum absolute atomic E-state index is 4.73. The molecule has 1 aliphatic carbocycles. The second kappa shape index (κ2) is 5.65. The Bertz CT molecular complexity index is 601. The summed E-state index contributed by atoms with van der Waals surface area (Å²) in [7, 11) is 0. The molecular weight excluding hydrogens is 248 g/mol. The minimum atomic E-state index is 0.827. The Morgan fingerprint density at radius 3 is 3.00 bits per heavy atom. The van der Waals surface area contributed by atoms with Crippen LogP contribution in [0.15, 0.2) is 18.3 Å². The molecule has 0 aliphatic heterocycles. The first-order valence-corrected chi connectivity index (χ1v) is 7.51. The highest BCUT2D eigenvalue weighted by Crippen LogP contribution is 2.23. The molecule has 0 fully saturated rings. The normalized spacial score (nSPS) is 14.1. The number of hydrogen-bond donors (Lipinski definition) is 1. The molecule has 4 heteroatoms. The topological polar surface area (TPSA) is 42.7 Å². The quantitative estimate of drug-likeness (QED) is 0.929. The molecular formula is C16H22N4. The number of imidazole rings is 1. The van der Waals surface area contributed by atoms with Crippen molar-refractivity contribution in [3.05, 3.63) is 41.2 Å². The van der Waals surface area contributed by atoms with Crippen LogP contribution in [0.5, 0.6) is 0 Å². The lowest BCUT2D eigenvalue weighted by molar-refractivity contribution is 0.620. The highest BCUT2D eigenvalue weighted by Gasteiger charge is 2.18. The molecule has 0 radical (unpaired) electrons. The van der Waals surface area contributed by atoms with Gasteiger partial charge in [0.1, 0.15) is 5.82 Å². The minimum absolute atomic E-state index is 0.827. The lowest BCUT2D eigenvalue weighted by Gasteiger charge is -2.15. The van der Waals surface area contributed by atoms with Crippen molar-refractivity contribution in [2.24, 2.45) is 0 Å². The molecule has 106 valence electrons. The first kappa shape index (κ1) is 13.2. The maximum atomic E-state index is 4.73. The number of hydrogen-bond acceptors (Lipinski definition) is 3. The summed E-state index contributed by atoms with van der Waals surface area (Å²) in [5, 5.41) is 3.34. The van der Waals surface area contributed by atoms with Crippen molar-refractivity contribution < 1.29 is 0 Å². The third kappa shape index (κ3) is 2.55. The SMILES string of the molecule is CCNc1ccnc(Cn2c(C)nc3c2CCCC3)c1. The van der Waals surface area contributed by atoms with E-state index in [2.05, 4.69) is 34.8 Å². The Balaban J connectivity index is 1.87. The van der Waals surface area contributed by atoms with Gasteiger partial charge in [-0.05, 0) is 51.7 Å². The van der Waals surface area contributed by atoms with Gasteiger partial charge in [0.25, 0.3) is 0 Å². The molecule has 3 rings (SSSR count). The number of fused-ring (bicyclic) bond motifs is 1. The number of aryl methyl sites for hydroxylation is 2. The van der Waals surface area contributed by atoms with Crippen molar-refractivity contribution in [1.82, 2.24) is 14.5 Å². The minimum Gasteiger partial charge on any atom is -0.385 e. The number of rotatable bonds is 4. The summed E-state index contributed by atoms with van der Waals surface area (Å²) in [5.41, 5.74) is 4.96. The van der Waals surface area contributed by atoms with Crippen LogP contribution in [0.2, 0.25) is 0 Å². The number of anilines is 1. The van der Waals surface area contributed by atoms with Crippen molar-refractivity contribution in [2.75, 3.05) is 11.9 Å². The van der Waals surface area contributed by atoms with Crippen molar-refractivity contribution in [3.8, 4) is 0 Å². The zero-order valence-corrected chi connectivity index (χ0v) is 12.3. The molecule has 2 aromatic rings. The Labute approximate surface area is 120 Å². The second-order valence-electron chi connectivity index (χ2n) is 5.41. The van der Waals surface area contributed by atoms with Crippen LogP contribution in [0.3, 0.4) is 0 Å². The molecule has 1 aliphatic rings. The van der Waals surface area contributed by atoms with E-state index >= 15 is 0 Å². The molecule has 20 heavy (non-hydrogen) atoms. The van der Waals surface area contributed by atoms with Crippen LogP contribution >= 0.6 is 0 Å². The Morgan fingerprint density at radius 2 is 2.15 bits per heavy atom. The monoisotopic (exact) mass is 270 g/mol. The zero-order chi connectivity index (χ0) is 13.9. The van der Waals surface area contributed by atoms with E-state index in [9.17, 15) is 0 Å². The smallest absolute Gasteiger partial charge is 0.106 e. The summed E-state index contributed by atoms with van der Waals surface area (Å²) in [6.45, 7) is 5.97. The Kier molecular flexibility index (Phi) is 3.72. The zero-order valence-electron chi connectivity index (χ0n) is 12.3. The lowest BCUT2D eigenvalue weighted by Crippen LogP contribution is -2.11. The summed E-state index contributed by atoms with van der Waals surface area (Å²) >= 11 is 0.